The van der Waals surface area contributed by atoms with Gasteiger partial charge in [-0.05, 0) is 38.7 Å². The SMILES string of the molecule is CCOC(=O)NC(=S)C(C)=CN1CCCCC1. The van der Waals surface area contributed by atoms with Crippen LogP contribution in [0.3, 0.4) is 0 Å². The van der Waals surface area contributed by atoms with Gasteiger partial charge in [-0.2, -0.15) is 0 Å². The standard InChI is InChI=1S/C12H20N2O2S/c1-3-16-12(15)13-11(17)10(2)9-14-7-5-4-6-8-14/h9H,3-8H2,1-2H3,(H,13,15,17). The second-order valence-corrected chi connectivity index (χ2v) is 4.49. The highest BCUT2D eigenvalue weighted by atomic mass is 32.1. The van der Waals surface area contributed by atoms with Crippen molar-refractivity contribution in [2.24, 2.45) is 0 Å². The summed E-state index contributed by atoms with van der Waals surface area (Å²) in [6.45, 7) is 6.16. The molecule has 1 aliphatic rings. The molecule has 1 aliphatic heterocycles. The number of rotatable bonds is 3. The molecule has 1 N–H and O–H groups in total. The normalized spacial score (nSPS) is 16.6. The third-order valence-corrected chi connectivity index (χ3v) is 3.04. The maximum atomic E-state index is 11.2. The molecule has 0 aromatic heterocycles. The smallest absolute Gasteiger partial charge is 0.412 e. The van der Waals surface area contributed by atoms with Crippen LogP contribution in [0.25, 0.3) is 0 Å². The summed E-state index contributed by atoms with van der Waals surface area (Å²) in [4.78, 5) is 13.9. The molecule has 0 aromatic rings. The molecule has 1 saturated heterocycles. The Balaban J connectivity index is 2.44. The van der Waals surface area contributed by atoms with Crippen molar-refractivity contribution in [3.05, 3.63) is 11.8 Å². The lowest BCUT2D eigenvalue weighted by Gasteiger charge is -2.25. The summed E-state index contributed by atoms with van der Waals surface area (Å²) in [6, 6.07) is 0. The van der Waals surface area contributed by atoms with E-state index in [-0.39, 0.29) is 0 Å². The third-order valence-electron chi connectivity index (χ3n) is 2.62. The molecule has 4 nitrogen and oxygen atoms in total. The van der Waals surface area contributed by atoms with Crippen LogP contribution in [0.4, 0.5) is 4.79 Å². The van der Waals surface area contributed by atoms with Crippen molar-refractivity contribution in [2.75, 3.05) is 19.7 Å². The van der Waals surface area contributed by atoms with Crippen LogP contribution in [-0.4, -0.2) is 35.7 Å². The molecule has 0 aromatic carbocycles. The van der Waals surface area contributed by atoms with Gasteiger partial charge in [0, 0.05) is 19.3 Å². The number of hydrogen-bond donors (Lipinski definition) is 1. The molecular formula is C12H20N2O2S. The molecule has 0 unspecified atom stereocenters. The highest BCUT2D eigenvalue weighted by Gasteiger charge is 2.10. The first-order valence-electron chi connectivity index (χ1n) is 6.04. The molecule has 1 fully saturated rings. The van der Waals surface area contributed by atoms with E-state index >= 15 is 0 Å². The van der Waals surface area contributed by atoms with Crippen molar-refractivity contribution in [3.63, 3.8) is 0 Å². The number of alkyl carbamates (subject to hydrolysis) is 1. The van der Waals surface area contributed by atoms with Crippen molar-refractivity contribution < 1.29 is 9.53 Å². The summed E-state index contributed by atoms with van der Waals surface area (Å²) < 4.78 is 4.77. The first kappa shape index (κ1) is 14.0. The van der Waals surface area contributed by atoms with Crippen molar-refractivity contribution in [1.82, 2.24) is 10.2 Å². The first-order chi connectivity index (χ1) is 8.13. The molecule has 0 aliphatic carbocycles. The number of nitrogens with one attached hydrogen (secondary N) is 1. The Morgan fingerprint density at radius 3 is 2.65 bits per heavy atom. The van der Waals surface area contributed by atoms with E-state index in [0.717, 1.165) is 18.7 Å². The number of amides is 1. The second-order valence-electron chi connectivity index (χ2n) is 4.08. The Morgan fingerprint density at radius 2 is 2.06 bits per heavy atom. The Labute approximate surface area is 108 Å². The number of carbonyl (C=O) groups is 1. The largest absolute Gasteiger partial charge is 0.450 e. The molecule has 1 heterocycles. The van der Waals surface area contributed by atoms with E-state index in [1.54, 1.807) is 6.92 Å². The number of nitrogens with zero attached hydrogens (tertiary/aromatic N) is 1. The topological polar surface area (TPSA) is 41.6 Å². The lowest BCUT2D eigenvalue weighted by Crippen LogP contribution is -2.32. The van der Waals surface area contributed by atoms with E-state index in [9.17, 15) is 4.79 Å². The van der Waals surface area contributed by atoms with Crippen LogP contribution in [0.5, 0.6) is 0 Å². The predicted octanol–water partition coefficient (Wildman–Crippen LogP) is 2.45. The van der Waals surface area contributed by atoms with Crippen LogP contribution in [0.15, 0.2) is 11.8 Å². The zero-order valence-electron chi connectivity index (χ0n) is 10.5. The van der Waals surface area contributed by atoms with Gasteiger partial charge < -0.3 is 9.64 Å². The van der Waals surface area contributed by atoms with E-state index in [2.05, 4.69) is 10.2 Å². The minimum Gasteiger partial charge on any atom is -0.450 e. The fourth-order valence-electron chi connectivity index (χ4n) is 1.74. The van der Waals surface area contributed by atoms with Crippen molar-refractivity contribution in [3.8, 4) is 0 Å². The van der Waals surface area contributed by atoms with Gasteiger partial charge in [0.05, 0.1) is 6.61 Å². The average molecular weight is 256 g/mol. The summed E-state index contributed by atoms with van der Waals surface area (Å²) in [6.07, 6.45) is 5.29. The monoisotopic (exact) mass is 256 g/mol. The molecule has 1 amide bonds. The molecular weight excluding hydrogens is 236 g/mol. The minimum absolute atomic E-state index is 0.351. The Bertz CT molecular complexity index is 310. The molecule has 0 atom stereocenters. The lowest BCUT2D eigenvalue weighted by atomic mass is 10.1. The van der Waals surface area contributed by atoms with Crippen LogP contribution >= 0.6 is 12.2 Å². The number of ether oxygens (including phenoxy) is 1. The maximum Gasteiger partial charge on any atom is 0.412 e. The number of hydrogen-bond acceptors (Lipinski definition) is 4. The molecule has 17 heavy (non-hydrogen) atoms. The zero-order chi connectivity index (χ0) is 12.7. The van der Waals surface area contributed by atoms with Crippen LogP contribution < -0.4 is 5.32 Å². The lowest BCUT2D eigenvalue weighted by molar-refractivity contribution is 0.158. The van der Waals surface area contributed by atoms with E-state index < -0.39 is 6.09 Å². The van der Waals surface area contributed by atoms with Gasteiger partial charge in [-0.15, -0.1) is 0 Å². The van der Waals surface area contributed by atoms with Gasteiger partial charge in [0.15, 0.2) is 0 Å². The molecule has 0 spiro atoms. The number of carbonyl (C=O) groups excluding carboxylic acids is 1. The van der Waals surface area contributed by atoms with Crippen LogP contribution in [0.2, 0.25) is 0 Å². The van der Waals surface area contributed by atoms with Gasteiger partial charge in [0.1, 0.15) is 4.99 Å². The van der Waals surface area contributed by atoms with Gasteiger partial charge >= 0.3 is 6.09 Å². The molecule has 96 valence electrons. The first-order valence-corrected chi connectivity index (χ1v) is 6.45. The molecule has 0 radical (unpaired) electrons. The predicted molar refractivity (Wildman–Crippen MR) is 71.9 cm³/mol. The number of thiocarbonyl (C=S) groups is 1. The van der Waals surface area contributed by atoms with E-state index in [1.807, 2.05) is 13.1 Å². The van der Waals surface area contributed by atoms with E-state index in [4.69, 9.17) is 17.0 Å². The van der Waals surface area contributed by atoms with Gasteiger partial charge in [-0.25, -0.2) is 4.79 Å². The van der Waals surface area contributed by atoms with E-state index in [0.29, 0.717) is 11.6 Å². The Hall–Kier alpha value is -1.10. The van der Waals surface area contributed by atoms with Crippen LogP contribution in [0.1, 0.15) is 33.1 Å². The summed E-state index contributed by atoms with van der Waals surface area (Å²) in [5.74, 6) is 0. The van der Waals surface area contributed by atoms with Crippen LogP contribution in [0, 0.1) is 0 Å². The van der Waals surface area contributed by atoms with Gasteiger partial charge in [0.25, 0.3) is 0 Å². The molecule has 1 rings (SSSR count). The van der Waals surface area contributed by atoms with Gasteiger partial charge in [-0.3, -0.25) is 5.32 Å². The zero-order valence-corrected chi connectivity index (χ0v) is 11.3. The highest BCUT2D eigenvalue weighted by molar-refractivity contribution is 7.80. The van der Waals surface area contributed by atoms with Crippen molar-refractivity contribution in [1.29, 1.82) is 0 Å². The molecule has 5 heteroatoms. The fourth-order valence-corrected chi connectivity index (χ4v) is 1.87. The molecule has 0 saturated carbocycles. The highest BCUT2D eigenvalue weighted by Crippen LogP contribution is 2.10. The summed E-state index contributed by atoms with van der Waals surface area (Å²) in [5.41, 5.74) is 0.898. The van der Waals surface area contributed by atoms with E-state index in [1.165, 1.54) is 19.3 Å². The number of piperidine rings is 1. The Kier molecular flexibility index (Phi) is 5.97. The van der Waals surface area contributed by atoms with Gasteiger partial charge in [0.2, 0.25) is 0 Å². The van der Waals surface area contributed by atoms with Crippen molar-refractivity contribution in [2.45, 2.75) is 33.1 Å². The molecule has 0 bridgehead atoms. The van der Waals surface area contributed by atoms with Crippen LogP contribution in [-0.2, 0) is 4.74 Å². The quantitative estimate of drug-likeness (QED) is 0.622. The van der Waals surface area contributed by atoms with Gasteiger partial charge in [-0.1, -0.05) is 12.2 Å². The minimum atomic E-state index is -0.483. The summed E-state index contributed by atoms with van der Waals surface area (Å²) in [5, 5.41) is 2.55. The second kappa shape index (κ2) is 7.27. The number of likely N-dealkylation sites (tertiary alicyclic amines) is 1. The fraction of sp³-hybridized carbons (Fsp3) is 0.667. The Morgan fingerprint density at radius 1 is 1.41 bits per heavy atom. The van der Waals surface area contributed by atoms with Crippen molar-refractivity contribution >= 4 is 23.3 Å². The average Bonchev–Trinajstić information content (AvgIpc) is 2.30. The summed E-state index contributed by atoms with van der Waals surface area (Å²) >= 11 is 5.13. The third kappa shape index (κ3) is 5.17. The summed E-state index contributed by atoms with van der Waals surface area (Å²) in [7, 11) is 0. The maximum absolute atomic E-state index is 11.2.